The summed E-state index contributed by atoms with van der Waals surface area (Å²) in [6.45, 7) is 0. The van der Waals surface area contributed by atoms with Crippen molar-refractivity contribution in [1.82, 2.24) is 9.55 Å². The molecule has 0 fully saturated rings. The summed E-state index contributed by atoms with van der Waals surface area (Å²) in [5, 5.41) is 0. The number of hydrogen-bond acceptors (Lipinski definition) is 1. The fourth-order valence-electron chi connectivity index (χ4n) is 0.774. The van der Waals surface area contributed by atoms with Gasteiger partial charge in [0.1, 0.15) is 5.82 Å². The molecule has 7 heavy (non-hydrogen) atoms. The maximum Gasteiger partial charge on any atom is 0.119 e. The average molecular weight is 93.1 g/mol. The number of rotatable bonds is 0. The quantitative estimate of drug-likeness (QED) is 0.459. The third-order valence-corrected chi connectivity index (χ3v) is 1.21. The first-order chi connectivity index (χ1) is 3.36. The van der Waals surface area contributed by atoms with E-state index < -0.39 is 0 Å². The lowest BCUT2D eigenvalue weighted by Gasteiger charge is -1.98. The van der Waals surface area contributed by atoms with Gasteiger partial charge in [-0.2, -0.15) is 0 Å². The Morgan fingerprint density at radius 3 is 2.57 bits per heavy atom. The van der Waals surface area contributed by atoms with Crippen molar-refractivity contribution in [3.63, 3.8) is 0 Å². The second-order valence-corrected chi connectivity index (χ2v) is 1.78. The number of aromatic nitrogens is 2. The molecule has 1 radical (unpaired) electrons. The van der Waals surface area contributed by atoms with Crippen LogP contribution in [-0.2, 0) is 7.05 Å². The van der Waals surface area contributed by atoms with Crippen LogP contribution < -0.4 is 0 Å². The molecular weight excluding hydrogens is 88.1 g/mol. The fourth-order valence-corrected chi connectivity index (χ4v) is 0.774. The van der Waals surface area contributed by atoms with Crippen molar-refractivity contribution in [2.75, 3.05) is 0 Å². The van der Waals surface area contributed by atoms with E-state index in [9.17, 15) is 0 Å². The van der Waals surface area contributed by atoms with Crippen LogP contribution in [0.5, 0.6) is 0 Å². The second kappa shape index (κ2) is 0.735. The predicted octanol–water partition coefficient (Wildman–Crippen LogP) is 0.334. The van der Waals surface area contributed by atoms with Crippen molar-refractivity contribution < 1.29 is 0 Å². The minimum absolute atomic E-state index is 1.09. The number of aryl methyl sites for hydroxylation is 1. The van der Waals surface area contributed by atoms with Gasteiger partial charge in [0.25, 0.3) is 0 Å². The molecule has 3 rings (SSSR count). The summed E-state index contributed by atoms with van der Waals surface area (Å²) >= 11 is 0. The molecule has 2 aliphatic heterocycles. The first-order valence-electron chi connectivity index (χ1n) is 2.24. The van der Waals surface area contributed by atoms with Gasteiger partial charge in [-0.05, 0) is 0 Å². The molecule has 0 N–H and O–H groups in total. The fraction of sp³-hybridized carbons (Fsp3) is 0.200. The monoisotopic (exact) mass is 93.0 g/mol. The van der Waals surface area contributed by atoms with Crippen LogP contribution in [-0.4, -0.2) is 9.55 Å². The standard InChI is InChI=1S/C5H5N2/c1-7-3-4-2-5(7)6-4/h2-3H,1H3. The van der Waals surface area contributed by atoms with E-state index >= 15 is 0 Å². The lowest BCUT2D eigenvalue weighted by molar-refractivity contribution is 0.869. The van der Waals surface area contributed by atoms with Gasteiger partial charge in [-0.25, -0.2) is 4.98 Å². The predicted molar refractivity (Wildman–Crippen MR) is 25.7 cm³/mol. The molecule has 0 amide bonds. The number of fused-ring (bicyclic) bond motifs is 1. The molecule has 0 saturated heterocycles. The third kappa shape index (κ3) is 0.232. The Morgan fingerprint density at radius 1 is 1.71 bits per heavy atom. The molecule has 0 spiro atoms. The molecule has 0 aliphatic carbocycles. The van der Waals surface area contributed by atoms with Crippen molar-refractivity contribution in [2.24, 2.45) is 7.05 Å². The molecule has 0 unspecified atom stereocenters. The van der Waals surface area contributed by atoms with Crippen LogP contribution >= 0.6 is 0 Å². The van der Waals surface area contributed by atoms with Crippen LogP contribution in [0.25, 0.3) is 0 Å². The summed E-state index contributed by atoms with van der Waals surface area (Å²) in [5.41, 5.74) is 1.11. The zero-order valence-corrected chi connectivity index (χ0v) is 4.05. The van der Waals surface area contributed by atoms with E-state index in [4.69, 9.17) is 0 Å². The Bertz CT molecular complexity index is 200. The molecule has 2 heteroatoms. The summed E-state index contributed by atoms with van der Waals surface area (Å²) in [4.78, 5) is 4.06. The summed E-state index contributed by atoms with van der Waals surface area (Å²) in [5.74, 6) is 1.09. The highest BCUT2D eigenvalue weighted by molar-refractivity contribution is 5.34. The molecular formula is C5H5N2. The van der Waals surface area contributed by atoms with E-state index in [1.54, 1.807) is 0 Å². The zero-order valence-electron chi connectivity index (χ0n) is 4.05. The molecule has 35 valence electrons. The number of hydrogen-bond donors (Lipinski definition) is 0. The van der Waals surface area contributed by atoms with Crippen LogP contribution in [0.4, 0.5) is 0 Å². The van der Waals surface area contributed by atoms with E-state index in [1.165, 1.54) is 0 Å². The van der Waals surface area contributed by atoms with Crippen molar-refractivity contribution >= 4 is 0 Å². The van der Waals surface area contributed by atoms with Crippen LogP contribution in [0.2, 0.25) is 0 Å². The minimum Gasteiger partial charge on any atom is -0.337 e. The van der Waals surface area contributed by atoms with Gasteiger partial charge in [0.05, 0.1) is 12.1 Å². The summed E-state index contributed by atoms with van der Waals surface area (Å²) in [7, 11) is 2.00. The largest absolute Gasteiger partial charge is 0.337 e. The maximum absolute atomic E-state index is 4.06. The Balaban J connectivity index is 2.81. The Hall–Kier alpha value is -0.790. The van der Waals surface area contributed by atoms with Gasteiger partial charge >= 0.3 is 0 Å². The highest BCUT2D eigenvalue weighted by Gasteiger charge is 2.15. The van der Waals surface area contributed by atoms with E-state index in [0.29, 0.717) is 0 Å². The van der Waals surface area contributed by atoms with Crippen LogP contribution in [0.1, 0.15) is 11.5 Å². The van der Waals surface area contributed by atoms with Crippen molar-refractivity contribution in [2.45, 2.75) is 0 Å². The highest BCUT2D eigenvalue weighted by Crippen LogP contribution is 2.18. The summed E-state index contributed by atoms with van der Waals surface area (Å²) in [6.07, 6.45) is 4.06. The Kier molecular flexibility index (Phi) is 0.340. The molecule has 2 nitrogen and oxygen atoms in total. The molecule has 2 aliphatic rings. The van der Waals surface area contributed by atoms with Gasteiger partial charge < -0.3 is 4.57 Å². The summed E-state index contributed by atoms with van der Waals surface area (Å²) < 4.78 is 2.01. The normalized spacial score (nSPS) is 13.9. The van der Waals surface area contributed by atoms with Crippen LogP contribution in [0.3, 0.4) is 0 Å². The summed E-state index contributed by atoms with van der Waals surface area (Å²) in [6, 6.07) is 0. The van der Waals surface area contributed by atoms with E-state index in [2.05, 4.69) is 11.4 Å². The van der Waals surface area contributed by atoms with Gasteiger partial charge in [0, 0.05) is 13.2 Å². The van der Waals surface area contributed by atoms with Gasteiger partial charge in [-0.15, -0.1) is 0 Å². The highest BCUT2D eigenvalue weighted by atomic mass is 15.1. The Labute approximate surface area is 41.8 Å². The van der Waals surface area contributed by atoms with Gasteiger partial charge in [-0.1, -0.05) is 0 Å². The molecule has 3 heterocycles. The van der Waals surface area contributed by atoms with E-state index in [1.807, 2.05) is 17.8 Å². The first kappa shape index (κ1) is 3.24. The van der Waals surface area contributed by atoms with Crippen LogP contribution in [0.15, 0.2) is 6.20 Å². The molecule has 0 atom stereocenters. The van der Waals surface area contributed by atoms with Crippen LogP contribution in [0, 0.1) is 6.42 Å². The van der Waals surface area contributed by atoms with E-state index in [-0.39, 0.29) is 0 Å². The zero-order chi connectivity index (χ0) is 4.85. The second-order valence-electron chi connectivity index (χ2n) is 1.78. The molecule has 0 aromatic carbocycles. The topological polar surface area (TPSA) is 17.8 Å². The number of imidazole rings is 1. The number of nitrogens with zero attached hydrogens (tertiary/aromatic N) is 2. The molecule has 2 bridgehead atoms. The molecule has 1 aromatic rings. The van der Waals surface area contributed by atoms with Gasteiger partial charge in [0.15, 0.2) is 0 Å². The lowest BCUT2D eigenvalue weighted by atomic mass is 10.3. The maximum atomic E-state index is 4.06. The van der Waals surface area contributed by atoms with Crippen molar-refractivity contribution in [1.29, 1.82) is 0 Å². The minimum atomic E-state index is 1.09. The van der Waals surface area contributed by atoms with Crippen molar-refractivity contribution in [3.05, 3.63) is 24.1 Å². The third-order valence-electron chi connectivity index (χ3n) is 1.21. The average Bonchev–Trinajstić information content (AvgIpc) is 1.85. The van der Waals surface area contributed by atoms with E-state index in [0.717, 1.165) is 11.5 Å². The lowest BCUT2D eigenvalue weighted by Crippen LogP contribution is -1.98. The molecule has 0 saturated carbocycles. The van der Waals surface area contributed by atoms with Gasteiger partial charge in [-0.3, -0.25) is 0 Å². The smallest absolute Gasteiger partial charge is 0.119 e. The van der Waals surface area contributed by atoms with Crippen molar-refractivity contribution in [3.8, 4) is 0 Å². The van der Waals surface area contributed by atoms with Gasteiger partial charge in [0.2, 0.25) is 0 Å². The molecule has 1 aromatic heterocycles. The first-order valence-corrected chi connectivity index (χ1v) is 2.24. The SMILES string of the molecule is Cn1cc2nc1[CH]2. The Morgan fingerprint density at radius 2 is 2.43 bits per heavy atom.